The molecule has 0 saturated carbocycles. The molecule has 4 nitrogen and oxygen atoms in total. The van der Waals surface area contributed by atoms with Crippen LogP contribution in [0.1, 0.15) is 34.8 Å². The summed E-state index contributed by atoms with van der Waals surface area (Å²) in [5, 5.41) is 4.59. The van der Waals surface area contributed by atoms with Crippen molar-refractivity contribution in [2.75, 3.05) is 26.4 Å². The van der Waals surface area contributed by atoms with Crippen molar-refractivity contribution in [3.63, 3.8) is 0 Å². The highest BCUT2D eigenvalue weighted by atomic mass is 32.1. The second kappa shape index (κ2) is 7.94. The summed E-state index contributed by atoms with van der Waals surface area (Å²) in [7, 11) is 0. The van der Waals surface area contributed by atoms with Gasteiger partial charge in [0.2, 0.25) is 0 Å². The number of aromatic nitrogens is 1. The van der Waals surface area contributed by atoms with Crippen LogP contribution in [0.3, 0.4) is 0 Å². The van der Waals surface area contributed by atoms with Gasteiger partial charge in [-0.05, 0) is 39.7 Å². The van der Waals surface area contributed by atoms with E-state index in [4.69, 9.17) is 9.47 Å². The lowest BCUT2D eigenvalue weighted by atomic mass is 10.2. The molecule has 0 aromatic carbocycles. The number of nitrogens with one attached hydrogen (secondary N) is 1. The Labute approximate surface area is 119 Å². The zero-order chi connectivity index (χ0) is 13.5. The van der Waals surface area contributed by atoms with E-state index in [2.05, 4.69) is 24.1 Å². The second-order valence-electron chi connectivity index (χ2n) is 4.98. The molecule has 2 heterocycles. The van der Waals surface area contributed by atoms with Gasteiger partial charge in [-0.3, -0.25) is 0 Å². The average molecular weight is 284 g/mol. The summed E-state index contributed by atoms with van der Waals surface area (Å²) in [5.41, 5.74) is 1.16. The number of hydrogen-bond donors (Lipinski definition) is 1. The summed E-state index contributed by atoms with van der Waals surface area (Å²) in [5.74, 6) is 0. The molecule has 1 saturated heterocycles. The Morgan fingerprint density at radius 2 is 2.37 bits per heavy atom. The molecular formula is C14H24N2O2S. The van der Waals surface area contributed by atoms with E-state index < -0.39 is 0 Å². The van der Waals surface area contributed by atoms with Crippen LogP contribution in [0.15, 0.2) is 0 Å². The molecule has 0 aliphatic carbocycles. The Kier molecular flexibility index (Phi) is 6.23. The van der Waals surface area contributed by atoms with Crippen molar-refractivity contribution < 1.29 is 9.47 Å². The predicted molar refractivity (Wildman–Crippen MR) is 77.7 cm³/mol. The summed E-state index contributed by atoms with van der Waals surface area (Å²) >= 11 is 1.78. The lowest BCUT2D eigenvalue weighted by Gasteiger charge is -2.10. The molecule has 0 radical (unpaired) electrons. The Bertz CT molecular complexity index is 376. The molecule has 5 heteroatoms. The van der Waals surface area contributed by atoms with Crippen LogP contribution in [0.2, 0.25) is 0 Å². The van der Waals surface area contributed by atoms with Crippen molar-refractivity contribution in [3.8, 4) is 0 Å². The Morgan fingerprint density at radius 1 is 1.47 bits per heavy atom. The second-order valence-corrected chi connectivity index (χ2v) is 6.27. The van der Waals surface area contributed by atoms with Gasteiger partial charge in [-0.2, -0.15) is 0 Å². The molecule has 1 atom stereocenters. The minimum Gasteiger partial charge on any atom is -0.379 e. The van der Waals surface area contributed by atoms with Crippen LogP contribution in [0.4, 0.5) is 0 Å². The standard InChI is InChI=1S/C14H24N2O2S/c1-11-14(19-12(2)16-11)9-15-6-4-7-17-10-13-5-3-8-18-13/h13,15H,3-10H2,1-2H3. The quantitative estimate of drug-likeness (QED) is 0.745. The van der Waals surface area contributed by atoms with Crippen LogP contribution >= 0.6 is 11.3 Å². The van der Waals surface area contributed by atoms with E-state index in [1.165, 1.54) is 11.3 Å². The highest BCUT2D eigenvalue weighted by Crippen LogP contribution is 2.16. The van der Waals surface area contributed by atoms with E-state index in [0.29, 0.717) is 6.10 Å². The van der Waals surface area contributed by atoms with E-state index in [9.17, 15) is 0 Å². The van der Waals surface area contributed by atoms with Crippen LogP contribution in [-0.4, -0.2) is 37.5 Å². The van der Waals surface area contributed by atoms with Gasteiger partial charge in [0.25, 0.3) is 0 Å². The normalized spacial score (nSPS) is 19.2. The molecule has 1 aliphatic heterocycles. The van der Waals surface area contributed by atoms with Gasteiger partial charge >= 0.3 is 0 Å². The molecule has 19 heavy (non-hydrogen) atoms. The first-order valence-corrected chi connectivity index (χ1v) is 7.90. The molecule has 0 amide bonds. The minimum absolute atomic E-state index is 0.343. The van der Waals surface area contributed by atoms with Gasteiger partial charge in [-0.25, -0.2) is 4.98 Å². The van der Waals surface area contributed by atoms with Crippen LogP contribution in [0.25, 0.3) is 0 Å². The van der Waals surface area contributed by atoms with Crippen molar-refractivity contribution in [2.24, 2.45) is 0 Å². The van der Waals surface area contributed by atoms with Gasteiger partial charge in [0.05, 0.1) is 23.4 Å². The fourth-order valence-corrected chi connectivity index (χ4v) is 3.14. The molecular weight excluding hydrogens is 260 g/mol. The van der Waals surface area contributed by atoms with Gasteiger partial charge in [-0.15, -0.1) is 11.3 Å². The summed E-state index contributed by atoms with van der Waals surface area (Å²) in [6.07, 6.45) is 3.73. The molecule has 1 aromatic rings. The fourth-order valence-electron chi connectivity index (χ4n) is 2.23. The number of ether oxygens (including phenoxy) is 2. The van der Waals surface area contributed by atoms with Gasteiger partial charge < -0.3 is 14.8 Å². The molecule has 0 bridgehead atoms. The fraction of sp³-hybridized carbons (Fsp3) is 0.786. The number of rotatable bonds is 8. The Morgan fingerprint density at radius 3 is 3.05 bits per heavy atom. The SMILES string of the molecule is Cc1nc(C)c(CNCCCOCC2CCCO2)s1. The van der Waals surface area contributed by atoms with Gasteiger partial charge in [0, 0.05) is 24.6 Å². The summed E-state index contributed by atoms with van der Waals surface area (Å²) < 4.78 is 11.1. The van der Waals surface area contributed by atoms with Crippen molar-refractivity contribution in [3.05, 3.63) is 15.6 Å². The molecule has 0 spiro atoms. The van der Waals surface area contributed by atoms with E-state index in [1.807, 2.05) is 0 Å². The first-order valence-electron chi connectivity index (χ1n) is 7.08. The zero-order valence-electron chi connectivity index (χ0n) is 11.9. The first kappa shape index (κ1) is 14.9. The van der Waals surface area contributed by atoms with Gasteiger partial charge in [0.1, 0.15) is 0 Å². The molecule has 1 aromatic heterocycles. The van der Waals surface area contributed by atoms with Crippen molar-refractivity contribution in [1.82, 2.24) is 10.3 Å². The summed E-state index contributed by atoms with van der Waals surface area (Å²) in [6, 6.07) is 0. The van der Waals surface area contributed by atoms with Crippen molar-refractivity contribution in [2.45, 2.75) is 45.8 Å². The minimum atomic E-state index is 0.343. The highest BCUT2D eigenvalue weighted by Gasteiger charge is 2.14. The average Bonchev–Trinajstić information content (AvgIpc) is 2.98. The molecule has 1 unspecified atom stereocenters. The van der Waals surface area contributed by atoms with Gasteiger partial charge in [0.15, 0.2) is 0 Å². The lowest BCUT2D eigenvalue weighted by Crippen LogP contribution is -2.18. The monoisotopic (exact) mass is 284 g/mol. The summed E-state index contributed by atoms with van der Waals surface area (Å²) in [4.78, 5) is 5.77. The molecule has 2 rings (SSSR count). The molecule has 108 valence electrons. The smallest absolute Gasteiger partial charge is 0.0900 e. The largest absolute Gasteiger partial charge is 0.379 e. The third-order valence-electron chi connectivity index (χ3n) is 3.26. The number of nitrogens with zero attached hydrogens (tertiary/aromatic N) is 1. The van der Waals surface area contributed by atoms with E-state index in [1.54, 1.807) is 11.3 Å². The Balaban J connectivity index is 1.47. The number of thiazole rings is 1. The maximum absolute atomic E-state index is 5.62. The van der Waals surface area contributed by atoms with Crippen LogP contribution in [0.5, 0.6) is 0 Å². The van der Waals surface area contributed by atoms with E-state index >= 15 is 0 Å². The zero-order valence-corrected chi connectivity index (χ0v) is 12.7. The maximum atomic E-state index is 5.62. The number of aryl methyl sites for hydroxylation is 2. The molecule has 1 fully saturated rings. The van der Waals surface area contributed by atoms with Crippen LogP contribution in [0, 0.1) is 13.8 Å². The highest BCUT2D eigenvalue weighted by molar-refractivity contribution is 7.11. The summed E-state index contributed by atoms with van der Waals surface area (Å²) in [6.45, 7) is 8.51. The predicted octanol–water partition coefficient (Wildman–Crippen LogP) is 2.44. The van der Waals surface area contributed by atoms with Crippen LogP contribution < -0.4 is 5.32 Å². The Hall–Kier alpha value is -0.490. The topological polar surface area (TPSA) is 43.4 Å². The number of hydrogen-bond acceptors (Lipinski definition) is 5. The van der Waals surface area contributed by atoms with Crippen molar-refractivity contribution in [1.29, 1.82) is 0 Å². The van der Waals surface area contributed by atoms with Crippen LogP contribution in [-0.2, 0) is 16.0 Å². The lowest BCUT2D eigenvalue weighted by molar-refractivity contribution is 0.0166. The van der Waals surface area contributed by atoms with E-state index in [0.717, 1.165) is 56.5 Å². The van der Waals surface area contributed by atoms with Gasteiger partial charge in [-0.1, -0.05) is 0 Å². The third kappa shape index (κ3) is 5.18. The first-order chi connectivity index (χ1) is 9.25. The maximum Gasteiger partial charge on any atom is 0.0900 e. The van der Waals surface area contributed by atoms with E-state index in [-0.39, 0.29) is 0 Å². The molecule has 1 aliphatic rings. The molecule has 1 N–H and O–H groups in total. The third-order valence-corrected chi connectivity index (χ3v) is 4.33. The van der Waals surface area contributed by atoms with Crippen molar-refractivity contribution >= 4 is 11.3 Å².